The smallest absolute Gasteiger partial charge is 0.123 e. The van der Waals surface area contributed by atoms with Gasteiger partial charge in [0, 0.05) is 27.5 Å². The summed E-state index contributed by atoms with van der Waals surface area (Å²) in [6.45, 7) is 7.79. The van der Waals surface area contributed by atoms with Gasteiger partial charge in [-0.05, 0) is 30.7 Å². The number of likely N-dealkylation sites (N-methyl/N-ethyl adjacent to an activating group) is 1. The van der Waals surface area contributed by atoms with E-state index < -0.39 is 0 Å². The van der Waals surface area contributed by atoms with E-state index >= 15 is 0 Å². The first-order chi connectivity index (χ1) is 9.60. The fourth-order valence-electron chi connectivity index (χ4n) is 2.49. The molecule has 0 spiro atoms. The zero-order chi connectivity index (χ0) is 14.5. The zero-order valence-corrected chi connectivity index (χ0v) is 14.1. The van der Waals surface area contributed by atoms with Crippen LogP contribution in [-0.2, 0) is 6.42 Å². The van der Waals surface area contributed by atoms with Crippen LogP contribution in [0.3, 0.4) is 0 Å². The molecule has 112 valence electrons. The molecule has 1 fully saturated rings. The Kier molecular flexibility index (Phi) is 6.24. The molecule has 4 heteroatoms. The Morgan fingerprint density at radius 2 is 1.95 bits per heavy atom. The molecule has 1 aromatic rings. The first-order valence-electron chi connectivity index (χ1n) is 7.35. The minimum absolute atomic E-state index is 0.154. The number of benzene rings is 1. The largest absolute Gasteiger partial charge is 0.313 e. The number of halogens is 1. The summed E-state index contributed by atoms with van der Waals surface area (Å²) in [6, 6.07) is 7.41. The van der Waals surface area contributed by atoms with Crippen LogP contribution in [0.1, 0.15) is 26.3 Å². The Morgan fingerprint density at radius 1 is 1.25 bits per heavy atom. The Balaban J connectivity index is 2.01. The van der Waals surface area contributed by atoms with Gasteiger partial charge in [-0.1, -0.05) is 32.9 Å². The van der Waals surface area contributed by atoms with Crippen LogP contribution < -0.4 is 5.32 Å². The van der Waals surface area contributed by atoms with Crippen molar-refractivity contribution in [3.8, 4) is 0 Å². The highest BCUT2D eigenvalue weighted by atomic mass is 32.2. The van der Waals surface area contributed by atoms with Crippen molar-refractivity contribution in [3.63, 3.8) is 0 Å². The average Bonchev–Trinajstić information content (AvgIpc) is 2.44. The minimum atomic E-state index is -0.154. The maximum Gasteiger partial charge on any atom is 0.123 e. The third kappa shape index (κ3) is 4.40. The molecule has 0 aromatic heterocycles. The van der Waals surface area contributed by atoms with Crippen LogP contribution in [-0.4, -0.2) is 34.1 Å². The molecule has 1 nitrogen and oxygen atoms in total. The van der Waals surface area contributed by atoms with Gasteiger partial charge in [0.1, 0.15) is 5.82 Å². The van der Waals surface area contributed by atoms with Crippen molar-refractivity contribution < 1.29 is 4.39 Å². The highest BCUT2D eigenvalue weighted by Gasteiger charge is 2.30. The molecular weight excluding hydrogens is 289 g/mol. The van der Waals surface area contributed by atoms with E-state index in [0.717, 1.165) is 18.2 Å². The lowest BCUT2D eigenvalue weighted by Crippen LogP contribution is -2.44. The lowest BCUT2D eigenvalue weighted by Gasteiger charge is -2.36. The molecule has 4 unspecified atom stereocenters. The molecule has 1 heterocycles. The topological polar surface area (TPSA) is 12.0 Å². The molecule has 2 rings (SSSR count). The first-order valence-corrected chi connectivity index (χ1v) is 9.34. The third-order valence-corrected chi connectivity index (χ3v) is 7.41. The first kappa shape index (κ1) is 16.2. The minimum Gasteiger partial charge on any atom is -0.313 e. The lowest BCUT2D eigenvalue weighted by molar-refractivity contribution is 0.519. The predicted molar refractivity (Wildman–Crippen MR) is 90.3 cm³/mol. The summed E-state index contributed by atoms with van der Waals surface area (Å²) in [5.74, 6) is 1.05. The summed E-state index contributed by atoms with van der Waals surface area (Å²) in [5.41, 5.74) is 1.22. The van der Waals surface area contributed by atoms with Crippen molar-refractivity contribution >= 4 is 23.5 Å². The number of thioether (sulfide) groups is 2. The maximum absolute atomic E-state index is 13.0. The third-order valence-electron chi connectivity index (χ3n) is 3.86. The molecule has 0 bridgehead atoms. The zero-order valence-electron chi connectivity index (χ0n) is 12.4. The standard InChI is InChI=1S/C16H24FNS2/c1-4-18-15(9-13-5-7-14(17)8-6-13)16-10-19-11(2)12(3)20-16/h5-8,11-12,15-16,18H,4,9-10H2,1-3H3. The van der Waals surface area contributed by atoms with Gasteiger partial charge < -0.3 is 5.32 Å². The normalized spacial score (nSPS) is 28.3. The van der Waals surface area contributed by atoms with Crippen LogP contribution in [0.2, 0.25) is 0 Å². The molecule has 0 amide bonds. The molecule has 1 aromatic carbocycles. The molecule has 1 N–H and O–H groups in total. The Bertz CT molecular complexity index is 409. The van der Waals surface area contributed by atoms with E-state index in [1.165, 1.54) is 11.3 Å². The van der Waals surface area contributed by atoms with Gasteiger partial charge in [0.25, 0.3) is 0 Å². The van der Waals surface area contributed by atoms with Crippen molar-refractivity contribution in [2.24, 2.45) is 0 Å². The molecule has 1 aliphatic rings. The summed E-state index contributed by atoms with van der Waals surface area (Å²) in [7, 11) is 0. The van der Waals surface area contributed by atoms with E-state index in [9.17, 15) is 4.39 Å². The molecule has 0 aliphatic carbocycles. The van der Waals surface area contributed by atoms with Crippen LogP contribution in [0.25, 0.3) is 0 Å². The van der Waals surface area contributed by atoms with Gasteiger partial charge in [-0.3, -0.25) is 0 Å². The summed E-state index contributed by atoms with van der Waals surface area (Å²) >= 11 is 4.19. The van der Waals surface area contributed by atoms with Gasteiger partial charge in [0.05, 0.1) is 0 Å². The summed E-state index contributed by atoms with van der Waals surface area (Å²) < 4.78 is 13.0. The Hall–Kier alpha value is -0.190. The van der Waals surface area contributed by atoms with Gasteiger partial charge >= 0.3 is 0 Å². The van der Waals surface area contributed by atoms with Crippen LogP contribution >= 0.6 is 23.5 Å². The SMILES string of the molecule is CCNC(Cc1ccc(F)cc1)C1CSC(C)C(C)S1. The molecule has 20 heavy (non-hydrogen) atoms. The molecule has 0 radical (unpaired) electrons. The summed E-state index contributed by atoms with van der Waals surface area (Å²) in [6.07, 6.45) is 0.980. The fraction of sp³-hybridized carbons (Fsp3) is 0.625. The number of nitrogens with one attached hydrogen (secondary N) is 1. The van der Waals surface area contributed by atoms with Crippen LogP contribution in [0, 0.1) is 5.82 Å². The van der Waals surface area contributed by atoms with Crippen LogP contribution in [0.15, 0.2) is 24.3 Å². The van der Waals surface area contributed by atoms with E-state index in [4.69, 9.17) is 0 Å². The highest BCUT2D eigenvalue weighted by Crippen LogP contribution is 2.37. The molecule has 4 atom stereocenters. The monoisotopic (exact) mass is 313 g/mol. The Labute approximate surface area is 130 Å². The average molecular weight is 314 g/mol. The Morgan fingerprint density at radius 3 is 2.55 bits per heavy atom. The highest BCUT2D eigenvalue weighted by molar-refractivity contribution is 8.07. The molecule has 0 saturated carbocycles. The quantitative estimate of drug-likeness (QED) is 0.883. The van der Waals surface area contributed by atoms with Crippen molar-refractivity contribution in [1.82, 2.24) is 5.32 Å². The number of hydrogen-bond donors (Lipinski definition) is 1. The van der Waals surface area contributed by atoms with Crippen molar-refractivity contribution in [1.29, 1.82) is 0 Å². The van der Waals surface area contributed by atoms with Gasteiger partial charge in [0.15, 0.2) is 0 Å². The van der Waals surface area contributed by atoms with Gasteiger partial charge in [-0.25, -0.2) is 4.39 Å². The van der Waals surface area contributed by atoms with Crippen molar-refractivity contribution in [3.05, 3.63) is 35.6 Å². The predicted octanol–water partition coefficient (Wildman–Crippen LogP) is 3.97. The second-order valence-corrected chi connectivity index (χ2v) is 8.44. The van der Waals surface area contributed by atoms with Crippen molar-refractivity contribution in [2.75, 3.05) is 12.3 Å². The maximum atomic E-state index is 13.0. The van der Waals surface area contributed by atoms with E-state index in [2.05, 4.69) is 49.6 Å². The van der Waals surface area contributed by atoms with E-state index in [-0.39, 0.29) is 5.82 Å². The summed E-state index contributed by atoms with van der Waals surface area (Å²) in [4.78, 5) is 0. The van der Waals surface area contributed by atoms with Gasteiger partial charge in [0.2, 0.25) is 0 Å². The number of rotatable bonds is 5. The lowest BCUT2D eigenvalue weighted by atomic mass is 10.0. The molecule has 1 aliphatic heterocycles. The van der Waals surface area contributed by atoms with Gasteiger partial charge in [-0.2, -0.15) is 23.5 Å². The second-order valence-electron chi connectivity index (χ2n) is 5.41. The van der Waals surface area contributed by atoms with Gasteiger partial charge in [-0.15, -0.1) is 0 Å². The van der Waals surface area contributed by atoms with E-state index in [0.29, 0.717) is 16.5 Å². The van der Waals surface area contributed by atoms with E-state index in [1.807, 2.05) is 12.1 Å². The summed E-state index contributed by atoms with van der Waals surface area (Å²) in [5, 5.41) is 5.70. The van der Waals surface area contributed by atoms with Crippen LogP contribution in [0.5, 0.6) is 0 Å². The van der Waals surface area contributed by atoms with Crippen LogP contribution in [0.4, 0.5) is 4.39 Å². The van der Waals surface area contributed by atoms with Crippen molar-refractivity contribution in [2.45, 2.75) is 49.0 Å². The fourth-order valence-corrected chi connectivity index (χ4v) is 5.62. The number of hydrogen-bond acceptors (Lipinski definition) is 3. The molecular formula is C16H24FNS2. The second kappa shape index (κ2) is 7.71. The molecule has 1 saturated heterocycles. The van der Waals surface area contributed by atoms with E-state index in [1.54, 1.807) is 12.1 Å².